The van der Waals surface area contributed by atoms with Crippen molar-refractivity contribution in [3.8, 4) is 0 Å². The Kier molecular flexibility index (Phi) is 5.67. The molecule has 2 aliphatic rings. The van der Waals surface area contributed by atoms with Crippen molar-refractivity contribution >= 4 is 5.91 Å². The molecule has 1 aliphatic heterocycles. The van der Waals surface area contributed by atoms with E-state index in [1.807, 2.05) is 0 Å². The SMILES string of the molecule is CCCC1CCN(C2CCCC(NC(C)C)(C(N)=O)C2)C1. The second-order valence-corrected chi connectivity index (χ2v) is 7.43. The maximum atomic E-state index is 12.1. The molecular weight excluding hydrogens is 262 g/mol. The number of nitrogens with one attached hydrogen (secondary N) is 1. The van der Waals surface area contributed by atoms with E-state index in [-0.39, 0.29) is 5.91 Å². The van der Waals surface area contributed by atoms with Gasteiger partial charge in [0.25, 0.3) is 0 Å². The molecule has 1 saturated carbocycles. The molecule has 0 bridgehead atoms. The number of hydrogen-bond acceptors (Lipinski definition) is 3. The van der Waals surface area contributed by atoms with E-state index in [9.17, 15) is 4.79 Å². The van der Waals surface area contributed by atoms with Crippen LogP contribution in [0.2, 0.25) is 0 Å². The van der Waals surface area contributed by atoms with Crippen LogP contribution in [0, 0.1) is 5.92 Å². The van der Waals surface area contributed by atoms with Crippen LogP contribution < -0.4 is 11.1 Å². The van der Waals surface area contributed by atoms with Crippen LogP contribution in [0.25, 0.3) is 0 Å². The molecule has 0 aromatic heterocycles. The molecule has 1 aliphatic carbocycles. The first-order valence-corrected chi connectivity index (χ1v) is 8.78. The molecule has 4 heteroatoms. The van der Waals surface area contributed by atoms with Crippen LogP contribution in [0.1, 0.15) is 65.7 Å². The first kappa shape index (κ1) is 16.8. The van der Waals surface area contributed by atoms with Gasteiger partial charge >= 0.3 is 0 Å². The smallest absolute Gasteiger partial charge is 0.237 e. The normalized spacial score (nSPS) is 34.5. The molecule has 3 unspecified atom stereocenters. The minimum Gasteiger partial charge on any atom is -0.368 e. The number of amides is 1. The van der Waals surface area contributed by atoms with E-state index in [1.54, 1.807) is 0 Å². The van der Waals surface area contributed by atoms with Crippen molar-refractivity contribution < 1.29 is 4.79 Å². The number of carbonyl (C=O) groups excluding carboxylic acids is 1. The summed E-state index contributed by atoms with van der Waals surface area (Å²) in [4.78, 5) is 14.7. The summed E-state index contributed by atoms with van der Waals surface area (Å²) in [5, 5.41) is 3.48. The van der Waals surface area contributed by atoms with Gasteiger partial charge in [0.1, 0.15) is 0 Å². The van der Waals surface area contributed by atoms with Crippen molar-refractivity contribution in [2.45, 2.75) is 83.3 Å². The van der Waals surface area contributed by atoms with Crippen LogP contribution in [0.4, 0.5) is 0 Å². The van der Waals surface area contributed by atoms with E-state index < -0.39 is 5.54 Å². The number of primary amides is 1. The number of likely N-dealkylation sites (tertiary alicyclic amines) is 1. The van der Waals surface area contributed by atoms with Gasteiger partial charge in [0, 0.05) is 18.6 Å². The maximum Gasteiger partial charge on any atom is 0.237 e. The average molecular weight is 295 g/mol. The van der Waals surface area contributed by atoms with Gasteiger partial charge in [0.2, 0.25) is 5.91 Å². The summed E-state index contributed by atoms with van der Waals surface area (Å²) in [6, 6.07) is 0.821. The molecule has 3 atom stereocenters. The molecule has 0 radical (unpaired) electrons. The lowest BCUT2D eigenvalue weighted by Gasteiger charge is -2.43. The predicted octanol–water partition coefficient (Wildman–Crippen LogP) is 2.27. The minimum atomic E-state index is -0.486. The predicted molar refractivity (Wildman–Crippen MR) is 87.0 cm³/mol. The lowest BCUT2D eigenvalue weighted by molar-refractivity contribution is -0.127. The van der Waals surface area contributed by atoms with Gasteiger partial charge in [-0.2, -0.15) is 0 Å². The van der Waals surface area contributed by atoms with Gasteiger partial charge in [-0.3, -0.25) is 4.79 Å². The van der Waals surface area contributed by atoms with Gasteiger partial charge < -0.3 is 16.0 Å². The van der Waals surface area contributed by atoms with Gasteiger partial charge in [-0.15, -0.1) is 0 Å². The van der Waals surface area contributed by atoms with E-state index in [4.69, 9.17) is 5.73 Å². The lowest BCUT2D eigenvalue weighted by Crippen LogP contribution is -2.62. The highest BCUT2D eigenvalue weighted by molar-refractivity contribution is 5.85. The standard InChI is InChI=1S/C17H33N3O/c1-4-6-14-8-10-20(12-14)15-7-5-9-17(11-15,16(18)21)19-13(2)3/h13-15,19H,4-12H2,1-3H3,(H2,18,21). The third-order valence-corrected chi connectivity index (χ3v) is 5.29. The first-order valence-electron chi connectivity index (χ1n) is 8.78. The van der Waals surface area contributed by atoms with E-state index >= 15 is 0 Å². The number of nitrogens with two attached hydrogens (primary N) is 1. The summed E-state index contributed by atoms with van der Waals surface area (Å²) in [5.41, 5.74) is 5.28. The number of rotatable bonds is 6. The molecule has 21 heavy (non-hydrogen) atoms. The molecular formula is C17H33N3O. The van der Waals surface area contributed by atoms with Crippen LogP contribution in [0.3, 0.4) is 0 Å². The Hall–Kier alpha value is -0.610. The highest BCUT2D eigenvalue weighted by atomic mass is 16.1. The summed E-state index contributed by atoms with van der Waals surface area (Å²) in [6.45, 7) is 8.89. The summed E-state index contributed by atoms with van der Waals surface area (Å²) >= 11 is 0. The van der Waals surface area contributed by atoms with Crippen molar-refractivity contribution in [2.75, 3.05) is 13.1 Å². The summed E-state index contributed by atoms with van der Waals surface area (Å²) in [5.74, 6) is 0.697. The summed E-state index contributed by atoms with van der Waals surface area (Å²) in [6.07, 6.45) is 8.04. The maximum absolute atomic E-state index is 12.1. The second-order valence-electron chi connectivity index (χ2n) is 7.43. The molecule has 0 aromatic carbocycles. The lowest BCUT2D eigenvalue weighted by atomic mass is 9.77. The molecule has 3 N–H and O–H groups in total. The zero-order chi connectivity index (χ0) is 15.5. The van der Waals surface area contributed by atoms with Gasteiger partial charge in [-0.1, -0.05) is 13.3 Å². The van der Waals surface area contributed by atoms with Gasteiger partial charge in [0.15, 0.2) is 0 Å². The topological polar surface area (TPSA) is 58.4 Å². The zero-order valence-corrected chi connectivity index (χ0v) is 14.0. The van der Waals surface area contributed by atoms with Crippen LogP contribution in [0.5, 0.6) is 0 Å². The highest BCUT2D eigenvalue weighted by Gasteiger charge is 2.44. The quantitative estimate of drug-likeness (QED) is 0.790. The van der Waals surface area contributed by atoms with Crippen LogP contribution in [-0.2, 0) is 4.79 Å². The fourth-order valence-electron chi connectivity index (χ4n) is 4.37. The molecule has 4 nitrogen and oxygen atoms in total. The van der Waals surface area contributed by atoms with Crippen molar-refractivity contribution in [1.82, 2.24) is 10.2 Å². The zero-order valence-electron chi connectivity index (χ0n) is 14.0. The molecule has 122 valence electrons. The number of carbonyl (C=O) groups is 1. The van der Waals surface area contributed by atoms with E-state index in [2.05, 4.69) is 31.0 Å². The fourth-order valence-corrected chi connectivity index (χ4v) is 4.37. The Bertz CT molecular complexity index is 358. The molecule has 0 spiro atoms. The minimum absolute atomic E-state index is 0.162. The second kappa shape index (κ2) is 7.10. The van der Waals surface area contributed by atoms with Gasteiger partial charge in [-0.05, 0) is 64.8 Å². The Morgan fingerprint density at radius 3 is 2.81 bits per heavy atom. The number of hydrogen-bond donors (Lipinski definition) is 2. The molecule has 0 aromatic rings. The summed E-state index contributed by atoms with van der Waals surface area (Å²) < 4.78 is 0. The molecule has 1 amide bonds. The Balaban J connectivity index is 2.00. The number of nitrogens with zero attached hydrogens (tertiary/aromatic N) is 1. The molecule has 1 saturated heterocycles. The van der Waals surface area contributed by atoms with Crippen molar-refractivity contribution in [3.05, 3.63) is 0 Å². The van der Waals surface area contributed by atoms with Gasteiger partial charge in [-0.25, -0.2) is 0 Å². The summed E-state index contributed by atoms with van der Waals surface area (Å²) in [7, 11) is 0. The van der Waals surface area contributed by atoms with E-state index in [0.29, 0.717) is 12.1 Å². The molecule has 2 fully saturated rings. The van der Waals surface area contributed by atoms with Crippen molar-refractivity contribution in [3.63, 3.8) is 0 Å². The van der Waals surface area contributed by atoms with Crippen LogP contribution >= 0.6 is 0 Å². The van der Waals surface area contributed by atoms with E-state index in [0.717, 1.165) is 25.2 Å². The van der Waals surface area contributed by atoms with Crippen LogP contribution in [-0.4, -0.2) is 41.5 Å². The van der Waals surface area contributed by atoms with E-state index in [1.165, 1.54) is 38.8 Å². The first-order chi connectivity index (χ1) is 9.97. The van der Waals surface area contributed by atoms with Crippen LogP contribution in [0.15, 0.2) is 0 Å². The fraction of sp³-hybridized carbons (Fsp3) is 0.941. The molecule has 2 rings (SSSR count). The van der Waals surface area contributed by atoms with Gasteiger partial charge in [0.05, 0.1) is 5.54 Å². The average Bonchev–Trinajstić information content (AvgIpc) is 2.87. The third-order valence-electron chi connectivity index (χ3n) is 5.29. The highest BCUT2D eigenvalue weighted by Crippen LogP contribution is 2.34. The Morgan fingerprint density at radius 2 is 2.19 bits per heavy atom. The largest absolute Gasteiger partial charge is 0.368 e. The Labute approximate surface area is 129 Å². The molecule has 1 heterocycles. The van der Waals surface area contributed by atoms with Crippen molar-refractivity contribution in [1.29, 1.82) is 0 Å². The monoisotopic (exact) mass is 295 g/mol. The Morgan fingerprint density at radius 1 is 1.43 bits per heavy atom. The third kappa shape index (κ3) is 3.98. The van der Waals surface area contributed by atoms with Crippen molar-refractivity contribution in [2.24, 2.45) is 11.7 Å².